The molecule has 4 heteroatoms. The summed E-state index contributed by atoms with van der Waals surface area (Å²) in [6.07, 6.45) is 0.454. The van der Waals surface area contributed by atoms with Crippen molar-refractivity contribution in [1.82, 2.24) is 5.32 Å². The van der Waals surface area contributed by atoms with Crippen molar-refractivity contribution in [2.45, 2.75) is 25.8 Å². The fourth-order valence-electron chi connectivity index (χ4n) is 2.11. The van der Waals surface area contributed by atoms with Crippen LogP contribution >= 0.6 is 23.2 Å². The van der Waals surface area contributed by atoms with Gasteiger partial charge in [-0.05, 0) is 29.2 Å². The lowest BCUT2D eigenvalue weighted by Gasteiger charge is -2.12. The van der Waals surface area contributed by atoms with Gasteiger partial charge < -0.3 is 5.32 Å². The molecule has 0 radical (unpaired) electrons. The van der Waals surface area contributed by atoms with Gasteiger partial charge in [0, 0.05) is 23.0 Å². The third kappa shape index (κ3) is 4.76. The van der Waals surface area contributed by atoms with Gasteiger partial charge >= 0.3 is 0 Å². The molecule has 0 fully saturated rings. The number of benzene rings is 2. The number of nitrogens with one attached hydrogen (secondary N) is 1. The molecule has 21 heavy (non-hydrogen) atoms. The Balaban J connectivity index is 1.87. The molecule has 0 heterocycles. The number of carbonyl (C=O) groups excluding carboxylic acids is 1. The average Bonchev–Trinajstić information content (AvgIpc) is 2.47. The summed E-state index contributed by atoms with van der Waals surface area (Å²) < 4.78 is 0. The van der Waals surface area contributed by atoms with E-state index >= 15 is 0 Å². The van der Waals surface area contributed by atoms with Crippen LogP contribution in [0.15, 0.2) is 48.5 Å². The molecular weight excluding hydrogens is 305 g/mol. The first-order valence-corrected chi connectivity index (χ1v) is 7.57. The van der Waals surface area contributed by atoms with E-state index in [1.165, 1.54) is 0 Å². The van der Waals surface area contributed by atoms with Gasteiger partial charge in [0.15, 0.2) is 0 Å². The molecule has 0 aliphatic rings. The van der Waals surface area contributed by atoms with Crippen LogP contribution in [0.1, 0.15) is 30.4 Å². The largest absolute Gasteiger partial charge is 0.352 e. The van der Waals surface area contributed by atoms with Gasteiger partial charge in [0.2, 0.25) is 5.91 Å². The lowest BCUT2D eigenvalue weighted by molar-refractivity contribution is -0.121. The molecular formula is C17H17Cl2NO. The highest BCUT2D eigenvalue weighted by Crippen LogP contribution is 2.21. The lowest BCUT2D eigenvalue weighted by Crippen LogP contribution is -2.24. The van der Waals surface area contributed by atoms with Crippen LogP contribution in [0.25, 0.3) is 0 Å². The van der Waals surface area contributed by atoms with E-state index in [-0.39, 0.29) is 11.8 Å². The Morgan fingerprint density at radius 2 is 1.86 bits per heavy atom. The maximum Gasteiger partial charge on any atom is 0.220 e. The van der Waals surface area contributed by atoms with Gasteiger partial charge in [0.25, 0.3) is 0 Å². The summed E-state index contributed by atoms with van der Waals surface area (Å²) in [5.41, 5.74) is 2.03. The molecule has 1 N–H and O–H groups in total. The van der Waals surface area contributed by atoms with Crippen LogP contribution in [0.5, 0.6) is 0 Å². The Bertz CT molecular complexity index is 613. The van der Waals surface area contributed by atoms with Crippen molar-refractivity contribution in [3.63, 3.8) is 0 Å². The molecule has 1 amide bonds. The van der Waals surface area contributed by atoms with Gasteiger partial charge in [-0.3, -0.25) is 4.79 Å². The monoisotopic (exact) mass is 321 g/mol. The van der Waals surface area contributed by atoms with Crippen LogP contribution in [-0.4, -0.2) is 5.91 Å². The van der Waals surface area contributed by atoms with Crippen molar-refractivity contribution in [2.24, 2.45) is 0 Å². The van der Waals surface area contributed by atoms with Crippen molar-refractivity contribution < 1.29 is 4.79 Å². The number of halogens is 2. The average molecular weight is 322 g/mol. The Morgan fingerprint density at radius 3 is 2.52 bits per heavy atom. The standard InChI is InChI=1S/C17H17Cl2NO/c1-12(13-5-3-2-4-6-13)9-17(21)20-11-14-7-8-15(18)10-16(14)19/h2-8,10,12H,9,11H2,1H3,(H,20,21)/t12-/m0/s1. The zero-order valence-electron chi connectivity index (χ0n) is 11.8. The quantitative estimate of drug-likeness (QED) is 0.841. The summed E-state index contributed by atoms with van der Waals surface area (Å²) in [7, 11) is 0. The highest BCUT2D eigenvalue weighted by atomic mass is 35.5. The van der Waals surface area contributed by atoms with E-state index in [0.717, 1.165) is 11.1 Å². The molecule has 0 saturated heterocycles. The van der Waals surface area contributed by atoms with E-state index < -0.39 is 0 Å². The van der Waals surface area contributed by atoms with Gasteiger partial charge in [-0.1, -0.05) is 66.5 Å². The Kier molecular flexibility index (Phi) is 5.66. The van der Waals surface area contributed by atoms with E-state index in [0.29, 0.717) is 23.0 Å². The van der Waals surface area contributed by atoms with Crippen LogP contribution in [0.4, 0.5) is 0 Å². The molecule has 0 aromatic heterocycles. The lowest BCUT2D eigenvalue weighted by atomic mass is 9.97. The number of hydrogen-bond acceptors (Lipinski definition) is 1. The SMILES string of the molecule is C[C@@H](CC(=O)NCc1ccc(Cl)cc1Cl)c1ccccc1. The van der Waals surface area contributed by atoms with Crippen molar-refractivity contribution >= 4 is 29.1 Å². The van der Waals surface area contributed by atoms with Gasteiger partial charge in [-0.15, -0.1) is 0 Å². The third-order valence-corrected chi connectivity index (χ3v) is 3.94. The summed E-state index contributed by atoms with van der Waals surface area (Å²) in [5.74, 6) is 0.198. The Morgan fingerprint density at radius 1 is 1.14 bits per heavy atom. The highest BCUT2D eigenvalue weighted by Gasteiger charge is 2.11. The minimum absolute atomic E-state index is 0.0115. The molecule has 0 unspecified atom stereocenters. The first-order valence-electron chi connectivity index (χ1n) is 6.82. The topological polar surface area (TPSA) is 29.1 Å². The molecule has 0 bridgehead atoms. The Hall–Kier alpha value is -1.51. The smallest absolute Gasteiger partial charge is 0.220 e. The van der Waals surface area contributed by atoms with Crippen LogP contribution in [-0.2, 0) is 11.3 Å². The predicted molar refractivity (Wildman–Crippen MR) is 87.8 cm³/mol. The van der Waals surface area contributed by atoms with Crippen LogP contribution in [0.3, 0.4) is 0 Å². The molecule has 0 spiro atoms. The number of amides is 1. The fourth-order valence-corrected chi connectivity index (χ4v) is 2.58. The van der Waals surface area contributed by atoms with Crippen molar-refractivity contribution in [3.05, 3.63) is 69.7 Å². The van der Waals surface area contributed by atoms with Crippen molar-refractivity contribution in [1.29, 1.82) is 0 Å². The molecule has 2 nitrogen and oxygen atoms in total. The molecule has 1 atom stereocenters. The summed E-state index contributed by atoms with van der Waals surface area (Å²) in [6.45, 7) is 2.46. The Labute approximate surface area is 135 Å². The van der Waals surface area contributed by atoms with Crippen LogP contribution in [0.2, 0.25) is 10.0 Å². The molecule has 0 aliphatic carbocycles. The van der Waals surface area contributed by atoms with Crippen LogP contribution in [0, 0.1) is 0 Å². The molecule has 2 rings (SSSR count). The molecule has 2 aromatic carbocycles. The van der Waals surface area contributed by atoms with Gasteiger partial charge in [-0.2, -0.15) is 0 Å². The normalized spacial score (nSPS) is 12.0. The zero-order chi connectivity index (χ0) is 15.2. The highest BCUT2D eigenvalue weighted by molar-refractivity contribution is 6.35. The minimum Gasteiger partial charge on any atom is -0.352 e. The van der Waals surface area contributed by atoms with E-state index in [4.69, 9.17) is 23.2 Å². The summed E-state index contributed by atoms with van der Waals surface area (Å²) in [6, 6.07) is 15.3. The van der Waals surface area contributed by atoms with E-state index in [2.05, 4.69) is 5.32 Å². The minimum atomic E-state index is 0.0115. The number of hydrogen-bond donors (Lipinski definition) is 1. The van der Waals surface area contributed by atoms with Gasteiger partial charge in [0.05, 0.1) is 0 Å². The second-order valence-electron chi connectivity index (χ2n) is 5.03. The molecule has 110 valence electrons. The van der Waals surface area contributed by atoms with Crippen molar-refractivity contribution in [2.75, 3.05) is 0 Å². The van der Waals surface area contributed by atoms with Crippen molar-refractivity contribution in [3.8, 4) is 0 Å². The summed E-state index contributed by atoms with van der Waals surface area (Å²) in [4.78, 5) is 12.0. The summed E-state index contributed by atoms with van der Waals surface area (Å²) >= 11 is 11.9. The second-order valence-corrected chi connectivity index (χ2v) is 5.87. The van der Waals surface area contributed by atoms with Gasteiger partial charge in [0.1, 0.15) is 0 Å². The first kappa shape index (κ1) is 15.9. The van der Waals surface area contributed by atoms with E-state index in [1.807, 2.05) is 43.3 Å². The fraction of sp³-hybridized carbons (Fsp3) is 0.235. The zero-order valence-corrected chi connectivity index (χ0v) is 13.3. The van der Waals surface area contributed by atoms with E-state index in [1.54, 1.807) is 12.1 Å². The van der Waals surface area contributed by atoms with Crippen LogP contribution < -0.4 is 5.32 Å². The third-order valence-electron chi connectivity index (χ3n) is 3.35. The maximum atomic E-state index is 12.0. The maximum absolute atomic E-state index is 12.0. The van der Waals surface area contributed by atoms with E-state index in [9.17, 15) is 4.79 Å². The molecule has 0 saturated carbocycles. The van der Waals surface area contributed by atoms with Gasteiger partial charge in [-0.25, -0.2) is 0 Å². The second kappa shape index (κ2) is 7.48. The number of rotatable bonds is 5. The first-order chi connectivity index (χ1) is 10.1. The number of carbonyl (C=O) groups is 1. The summed E-state index contributed by atoms with van der Waals surface area (Å²) in [5, 5.41) is 4.05. The molecule has 0 aliphatic heterocycles. The molecule has 2 aromatic rings. The predicted octanol–water partition coefficient (Wildman–Crippen LogP) is 4.80.